The fourth-order valence-electron chi connectivity index (χ4n) is 2.22. The van der Waals surface area contributed by atoms with Crippen LogP contribution < -0.4 is 10.5 Å². The highest BCUT2D eigenvalue weighted by molar-refractivity contribution is 5.37. The van der Waals surface area contributed by atoms with E-state index in [4.69, 9.17) is 10.5 Å². The average Bonchev–Trinajstić information content (AvgIpc) is 2.44. The van der Waals surface area contributed by atoms with Crippen molar-refractivity contribution in [2.45, 2.75) is 25.8 Å². The molecule has 0 bridgehead atoms. The molecule has 2 aromatic rings. The monoisotopic (exact) mass is 291 g/mol. The molecule has 0 aromatic heterocycles. The lowest BCUT2D eigenvalue weighted by molar-refractivity contribution is 0.312. The molecule has 21 heavy (non-hydrogen) atoms. The van der Waals surface area contributed by atoms with Crippen molar-refractivity contribution in [2.24, 2.45) is 5.73 Å². The van der Waals surface area contributed by atoms with E-state index in [9.17, 15) is 8.78 Å². The number of benzene rings is 2. The van der Waals surface area contributed by atoms with Crippen LogP contribution in [0.15, 0.2) is 42.5 Å². The lowest BCUT2D eigenvalue weighted by Gasteiger charge is -2.17. The van der Waals surface area contributed by atoms with Crippen molar-refractivity contribution in [3.05, 3.63) is 65.2 Å². The summed E-state index contributed by atoms with van der Waals surface area (Å²) in [6.45, 7) is 2.64. The van der Waals surface area contributed by atoms with Gasteiger partial charge in [-0.15, -0.1) is 0 Å². The number of hydrogen-bond donors (Lipinski definition) is 1. The number of para-hydroxylation sites is 1. The van der Waals surface area contributed by atoms with E-state index in [0.29, 0.717) is 18.6 Å². The second-order valence-corrected chi connectivity index (χ2v) is 4.97. The van der Waals surface area contributed by atoms with Gasteiger partial charge in [-0.3, -0.25) is 0 Å². The highest BCUT2D eigenvalue weighted by Crippen LogP contribution is 2.26. The number of nitrogens with two attached hydrogens (primary N) is 1. The molecule has 0 heterocycles. The van der Waals surface area contributed by atoms with E-state index in [2.05, 4.69) is 0 Å². The van der Waals surface area contributed by atoms with Crippen LogP contribution in [0.5, 0.6) is 5.75 Å². The van der Waals surface area contributed by atoms with Crippen molar-refractivity contribution in [3.63, 3.8) is 0 Å². The molecule has 0 spiro atoms. The maximum atomic E-state index is 13.2. The van der Waals surface area contributed by atoms with E-state index >= 15 is 0 Å². The van der Waals surface area contributed by atoms with Crippen LogP contribution in [-0.4, -0.2) is 6.61 Å². The second-order valence-electron chi connectivity index (χ2n) is 4.97. The molecular formula is C17H19F2NO. The summed E-state index contributed by atoms with van der Waals surface area (Å²) < 4.78 is 32.1. The molecule has 0 fully saturated rings. The molecule has 0 aliphatic carbocycles. The Morgan fingerprint density at radius 1 is 1.10 bits per heavy atom. The number of rotatable bonds is 6. The minimum atomic E-state index is -0.590. The van der Waals surface area contributed by atoms with Gasteiger partial charge >= 0.3 is 0 Å². The predicted molar refractivity (Wildman–Crippen MR) is 79.2 cm³/mol. The third kappa shape index (κ3) is 4.26. The van der Waals surface area contributed by atoms with Gasteiger partial charge in [0.2, 0.25) is 0 Å². The quantitative estimate of drug-likeness (QED) is 0.873. The maximum Gasteiger partial charge on any atom is 0.126 e. The molecule has 2 nitrogen and oxygen atoms in total. The molecule has 0 amide bonds. The van der Waals surface area contributed by atoms with E-state index in [1.807, 2.05) is 31.2 Å². The lowest BCUT2D eigenvalue weighted by atomic mass is 9.98. The van der Waals surface area contributed by atoms with E-state index in [0.717, 1.165) is 23.8 Å². The third-order valence-electron chi connectivity index (χ3n) is 3.16. The maximum absolute atomic E-state index is 13.2. The first kappa shape index (κ1) is 15.4. The van der Waals surface area contributed by atoms with E-state index in [1.54, 1.807) is 0 Å². The summed E-state index contributed by atoms with van der Waals surface area (Å²) in [6, 6.07) is 10.6. The van der Waals surface area contributed by atoms with E-state index < -0.39 is 11.6 Å². The summed E-state index contributed by atoms with van der Waals surface area (Å²) in [7, 11) is 0. The van der Waals surface area contributed by atoms with Crippen LogP contribution in [-0.2, 0) is 6.42 Å². The van der Waals surface area contributed by atoms with Gasteiger partial charge in [0.15, 0.2) is 0 Å². The van der Waals surface area contributed by atoms with Gasteiger partial charge in [-0.2, -0.15) is 0 Å². The van der Waals surface area contributed by atoms with Gasteiger partial charge in [0, 0.05) is 17.7 Å². The molecule has 4 heteroatoms. The first-order valence-corrected chi connectivity index (χ1v) is 7.02. The van der Waals surface area contributed by atoms with Crippen molar-refractivity contribution in [1.82, 2.24) is 0 Å². The summed E-state index contributed by atoms with van der Waals surface area (Å²) in [6.07, 6.45) is 1.25. The molecule has 2 N–H and O–H groups in total. The number of hydrogen-bond acceptors (Lipinski definition) is 2. The van der Waals surface area contributed by atoms with Crippen molar-refractivity contribution >= 4 is 0 Å². The van der Waals surface area contributed by atoms with Gasteiger partial charge in [-0.25, -0.2) is 8.78 Å². The van der Waals surface area contributed by atoms with Crippen molar-refractivity contribution in [2.75, 3.05) is 6.61 Å². The summed E-state index contributed by atoms with van der Waals surface area (Å²) in [5.41, 5.74) is 7.55. The van der Waals surface area contributed by atoms with Gasteiger partial charge in [0.1, 0.15) is 17.4 Å². The highest BCUT2D eigenvalue weighted by atomic mass is 19.1. The molecule has 1 atom stereocenters. The van der Waals surface area contributed by atoms with E-state index in [-0.39, 0.29) is 6.04 Å². The molecule has 0 aliphatic heterocycles. The lowest BCUT2D eigenvalue weighted by Crippen LogP contribution is -2.15. The van der Waals surface area contributed by atoms with Gasteiger partial charge in [-0.05, 0) is 36.6 Å². The Bertz CT molecular complexity index is 581. The zero-order valence-corrected chi connectivity index (χ0v) is 12.0. The van der Waals surface area contributed by atoms with E-state index in [1.165, 1.54) is 12.1 Å². The summed E-state index contributed by atoms with van der Waals surface area (Å²) in [5, 5.41) is 0. The minimum absolute atomic E-state index is 0.348. The molecule has 0 radical (unpaired) electrons. The molecule has 0 aliphatic rings. The molecule has 1 unspecified atom stereocenters. The molecule has 112 valence electrons. The van der Waals surface area contributed by atoms with Crippen LogP contribution in [0, 0.1) is 11.6 Å². The Morgan fingerprint density at radius 3 is 2.43 bits per heavy atom. The Kier molecular flexibility index (Phi) is 5.28. The normalized spacial score (nSPS) is 12.2. The standard InChI is InChI=1S/C17H19F2NO/c1-2-7-21-17-6-4-3-5-15(17)16(20)10-12-8-13(18)11-14(19)9-12/h3-6,8-9,11,16H,2,7,10,20H2,1H3. The Morgan fingerprint density at radius 2 is 1.76 bits per heavy atom. The zero-order valence-electron chi connectivity index (χ0n) is 12.0. The highest BCUT2D eigenvalue weighted by Gasteiger charge is 2.13. The number of halogens is 2. The van der Waals surface area contributed by atoms with Gasteiger partial charge in [0.05, 0.1) is 6.61 Å². The summed E-state index contributed by atoms with van der Waals surface area (Å²) in [5.74, 6) is -0.454. The van der Waals surface area contributed by atoms with Crippen molar-refractivity contribution in [3.8, 4) is 5.75 Å². The van der Waals surface area contributed by atoms with Crippen molar-refractivity contribution in [1.29, 1.82) is 0 Å². The predicted octanol–water partition coefficient (Wildman–Crippen LogP) is 4.00. The molecular weight excluding hydrogens is 272 g/mol. The molecule has 2 aromatic carbocycles. The third-order valence-corrected chi connectivity index (χ3v) is 3.16. The first-order valence-electron chi connectivity index (χ1n) is 7.02. The largest absolute Gasteiger partial charge is 0.493 e. The minimum Gasteiger partial charge on any atom is -0.493 e. The fourth-order valence-corrected chi connectivity index (χ4v) is 2.22. The SMILES string of the molecule is CCCOc1ccccc1C(N)Cc1cc(F)cc(F)c1. The van der Waals surface area contributed by atoms with Crippen LogP contribution in [0.3, 0.4) is 0 Å². The molecule has 2 rings (SSSR count). The van der Waals surface area contributed by atoms with Crippen LogP contribution >= 0.6 is 0 Å². The summed E-state index contributed by atoms with van der Waals surface area (Å²) >= 11 is 0. The smallest absolute Gasteiger partial charge is 0.126 e. The molecule has 0 saturated carbocycles. The van der Waals surface area contributed by atoms with Crippen molar-refractivity contribution < 1.29 is 13.5 Å². The second kappa shape index (κ2) is 7.18. The van der Waals surface area contributed by atoms with Gasteiger partial charge < -0.3 is 10.5 Å². The first-order chi connectivity index (χ1) is 10.1. The molecule has 0 saturated heterocycles. The Balaban J connectivity index is 2.17. The number of ether oxygens (including phenoxy) is 1. The Labute approximate surface area is 123 Å². The Hall–Kier alpha value is -1.94. The average molecular weight is 291 g/mol. The summed E-state index contributed by atoms with van der Waals surface area (Å²) in [4.78, 5) is 0. The fraction of sp³-hybridized carbons (Fsp3) is 0.294. The topological polar surface area (TPSA) is 35.2 Å². The van der Waals surface area contributed by atoms with Crippen LogP contribution in [0.1, 0.15) is 30.5 Å². The van der Waals surface area contributed by atoms with Crippen LogP contribution in [0.2, 0.25) is 0 Å². The van der Waals surface area contributed by atoms with Crippen LogP contribution in [0.4, 0.5) is 8.78 Å². The van der Waals surface area contributed by atoms with Gasteiger partial charge in [-0.1, -0.05) is 25.1 Å². The van der Waals surface area contributed by atoms with Gasteiger partial charge in [0.25, 0.3) is 0 Å². The zero-order chi connectivity index (χ0) is 15.2. The van der Waals surface area contributed by atoms with Crippen LogP contribution in [0.25, 0.3) is 0 Å².